The van der Waals surface area contributed by atoms with Crippen LogP contribution in [0, 0.1) is 5.92 Å². The molecule has 1 aromatic carbocycles. The number of methoxy groups -OCH3 is 1. The standard InChI is InChI=1S/C20H27N3O4/c1-15-7-5-10-21(13-15)18(24)14-23-17-9-4-3-8-16(17)19(25)22(20(23)26)11-6-12-27-2/h3-4,8-9,15H,5-7,10-14H2,1-2H3/t15-/m0/s1. The Hall–Kier alpha value is -2.41. The molecule has 0 bridgehead atoms. The van der Waals surface area contributed by atoms with Gasteiger partial charge >= 0.3 is 5.69 Å². The minimum Gasteiger partial charge on any atom is -0.385 e. The lowest BCUT2D eigenvalue weighted by atomic mass is 10.0. The first kappa shape index (κ1) is 19.4. The molecule has 1 amide bonds. The summed E-state index contributed by atoms with van der Waals surface area (Å²) < 4.78 is 7.68. The van der Waals surface area contributed by atoms with Crippen molar-refractivity contribution in [3.63, 3.8) is 0 Å². The molecule has 1 saturated heterocycles. The molecule has 0 unspecified atom stereocenters. The molecule has 1 aliphatic rings. The van der Waals surface area contributed by atoms with E-state index in [2.05, 4.69) is 6.92 Å². The van der Waals surface area contributed by atoms with Crippen molar-refractivity contribution in [2.75, 3.05) is 26.8 Å². The van der Waals surface area contributed by atoms with E-state index in [1.165, 1.54) is 9.13 Å². The Morgan fingerprint density at radius 1 is 1.22 bits per heavy atom. The number of benzene rings is 1. The maximum absolute atomic E-state index is 13.0. The second-order valence-corrected chi connectivity index (χ2v) is 7.28. The van der Waals surface area contributed by atoms with E-state index in [-0.39, 0.29) is 24.6 Å². The molecule has 3 rings (SSSR count). The van der Waals surface area contributed by atoms with Gasteiger partial charge in [0.15, 0.2) is 0 Å². The molecule has 27 heavy (non-hydrogen) atoms. The molecule has 0 spiro atoms. The van der Waals surface area contributed by atoms with Gasteiger partial charge in [0.25, 0.3) is 5.56 Å². The first-order valence-electron chi connectivity index (χ1n) is 9.52. The molecule has 0 N–H and O–H groups in total. The number of nitrogens with zero attached hydrogens (tertiary/aromatic N) is 3. The zero-order chi connectivity index (χ0) is 19.4. The number of likely N-dealkylation sites (tertiary alicyclic amines) is 1. The van der Waals surface area contributed by atoms with E-state index in [0.29, 0.717) is 29.8 Å². The summed E-state index contributed by atoms with van der Waals surface area (Å²) in [6, 6.07) is 6.98. The molecule has 0 aliphatic carbocycles. The number of piperidine rings is 1. The fourth-order valence-corrected chi connectivity index (χ4v) is 3.74. The van der Waals surface area contributed by atoms with Crippen LogP contribution in [0.5, 0.6) is 0 Å². The van der Waals surface area contributed by atoms with Crippen molar-refractivity contribution < 1.29 is 9.53 Å². The van der Waals surface area contributed by atoms with Gasteiger partial charge in [-0.1, -0.05) is 19.1 Å². The number of carbonyl (C=O) groups is 1. The van der Waals surface area contributed by atoms with E-state index in [0.717, 1.165) is 25.9 Å². The van der Waals surface area contributed by atoms with E-state index >= 15 is 0 Å². The number of hydrogen-bond donors (Lipinski definition) is 0. The van der Waals surface area contributed by atoms with E-state index < -0.39 is 5.69 Å². The summed E-state index contributed by atoms with van der Waals surface area (Å²) >= 11 is 0. The quantitative estimate of drug-likeness (QED) is 0.719. The van der Waals surface area contributed by atoms with Gasteiger partial charge in [0.1, 0.15) is 6.54 Å². The predicted octanol–water partition coefficient (Wildman–Crippen LogP) is 1.46. The highest BCUT2D eigenvalue weighted by Gasteiger charge is 2.23. The van der Waals surface area contributed by atoms with Crippen LogP contribution in [0.25, 0.3) is 10.9 Å². The van der Waals surface area contributed by atoms with Gasteiger partial charge in [-0.2, -0.15) is 0 Å². The zero-order valence-corrected chi connectivity index (χ0v) is 16.0. The molecule has 2 aromatic rings. The Morgan fingerprint density at radius 3 is 2.74 bits per heavy atom. The maximum Gasteiger partial charge on any atom is 0.331 e. The van der Waals surface area contributed by atoms with Gasteiger partial charge in [0, 0.05) is 33.4 Å². The van der Waals surface area contributed by atoms with Gasteiger partial charge in [-0.25, -0.2) is 4.79 Å². The van der Waals surface area contributed by atoms with Crippen molar-refractivity contribution in [1.82, 2.24) is 14.0 Å². The number of aromatic nitrogens is 2. The highest BCUT2D eigenvalue weighted by Crippen LogP contribution is 2.16. The van der Waals surface area contributed by atoms with E-state index in [1.54, 1.807) is 31.4 Å². The fraction of sp³-hybridized carbons (Fsp3) is 0.550. The third-order valence-corrected chi connectivity index (χ3v) is 5.17. The number of fused-ring (bicyclic) bond motifs is 1. The molecule has 7 nitrogen and oxygen atoms in total. The van der Waals surface area contributed by atoms with Crippen molar-refractivity contribution in [3.8, 4) is 0 Å². The summed E-state index contributed by atoms with van der Waals surface area (Å²) in [4.78, 5) is 40.4. The zero-order valence-electron chi connectivity index (χ0n) is 16.0. The van der Waals surface area contributed by atoms with Crippen LogP contribution in [0.4, 0.5) is 0 Å². The highest BCUT2D eigenvalue weighted by atomic mass is 16.5. The third kappa shape index (κ3) is 4.13. The molecule has 0 saturated carbocycles. The Labute approximate surface area is 158 Å². The van der Waals surface area contributed by atoms with Crippen molar-refractivity contribution >= 4 is 16.8 Å². The van der Waals surface area contributed by atoms with Gasteiger partial charge in [-0.15, -0.1) is 0 Å². The van der Waals surface area contributed by atoms with Crippen molar-refractivity contribution in [2.24, 2.45) is 5.92 Å². The summed E-state index contributed by atoms with van der Waals surface area (Å²) in [5.41, 5.74) is -0.246. The van der Waals surface area contributed by atoms with Crippen LogP contribution in [0.15, 0.2) is 33.9 Å². The number of para-hydroxylation sites is 1. The SMILES string of the molecule is COCCCn1c(=O)c2ccccc2n(CC(=O)N2CCC[C@H](C)C2)c1=O. The lowest BCUT2D eigenvalue weighted by Gasteiger charge is -2.31. The summed E-state index contributed by atoms with van der Waals surface area (Å²) in [5, 5.41) is 0.453. The highest BCUT2D eigenvalue weighted by molar-refractivity contribution is 5.81. The van der Waals surface area contributed by atoms with Crippen LogP contribution < -0.4 is 11.2 Å². The van der Waals surface area contributed by atoms with Crippen LogP contribution in [-0.4, -0.2) is 46.7 Å². The molecule has 1 aliphatic heterocycles. The fourth-order valence-electron chi connectivity index (χ4n) is 3.74. The molecule has 1 atom stereocenters. The largest absolute Gasteiger partial charge is 0.385 e. The Morgan fingerprint density at radius 2 is 2.00 bits per heavy atom. The van der Waals surface area contributed by atoms with Gasteiger partial charge in [0.05, 0.1) is 10.9 Å². The third-order valence-electron chi connectivity index (χ3n) is 5.17. The van der Waals surface area contributed by atoms with Crippen molar-refractivity contribution in [3.05, 3.63) is 45.1 Å². The van der Waals surface area contributed by atoms with Gasteiger partial charge in [-0.05, 0) is 37.3 Å². The minimum atomic E-state index is -0.437. The lowest BCUT2D eigenvalue weighted by molar-refractivity contribution is -0.133. The van der Waals surface area contributed by atoms with Crippen LogP contribution >= 0.6 is 0 Å². The van der Waals surface area contributed by atoms with Gasteiger partial charge in [0.2, 0.25) is 5.91 Å². The van der Waals surface area contributed by atoms with E-state index in [9.17, 15) is 14.4 Å². The Balaban J connectivity index is 1.99. The van der Waals surface area contributed by atoms with E-state index in [4.69, 9.17) is 4.74 Å². The second kappa shape index (κ2) is 8.52. The number of ether oxygens (including phenoxy) is 1. The number of carbonyl (C=O) groups excluding carboxylic acids is 1. The average Bonchev–Trinajstić information content (AvgIpc) is 2.67. The summed E-state index contributed by atoms with van der Waals surface area (Å²) in [6.07, 6.45) is 2.66. The number of hydrogen-bond acceptors (Lipinski definition) is 4. The smallest absolute Gasteiger partial charge is 0.331 e. The van der Waals surface area contributed by atoms with Gasteiger partial charge in [-0.3, -0.25) is 18.7 Å². The minimum absolute atomic E-state index is 0.0450. The molecule has 7 heteroatoms. The van der Waals surface area contributed by atoms with Gasteiger partial charge < -0.3 is 9.64 Å². The van der Waals surface area contributed by atoms with Crippen LogP contribution in [0.3, 0.4) is 0 Å². The van der Waals surface area contributed by atoms with Crippen molar-refractivity contribution in [2.45, 2.75) is 39.3 Å². The topological polar surface area (TPSA) is 73.5 Å². The molecule has 2 heterocycles. The summed E-state index contributed by atoms with van der Waals surface area (Å²) in [7, 11) is 1.58. The summed E-state index contributed by atoms with van der Waals surface area (Å²) in [6.45, 7) is 4.27. The predicted molar refractivity (Wildman–Crippen MR) is 104 cm³/mol. The molecular weight excluding hydrogens is 346 g/mol. The first-order valence-corrected chi connectivity index (χ1v) is 9.52. The maximum atomic E-state index is 13.0. The average molecular weight is 373 g/mol. The number of rotatable bonds is 6. The second-order valence-electron chi connectivity index (χ2n) is 7.28. The van der Waals surface area contributed by atoms with E-state index in [1.807, 2.05) is 4.90 Å². The van der Waals surface area contributed by atoms with Crippen LogP contribution in [0.1, 0.15) is 26.2 Å². The summed E-state index contributed by atoms with van der Waals surface area (Å²) in [5.74, 6) is 0.398. The molecule has 146 valence electrons. The monoisotopic (exact) mass is 373 g/mol. The molecule has 1 aromatic heterocycles. The van der Waals surface area contributed by atoms with Crippen LogP contribution in [0.2, 0.25) is 0 Å². The molecule has 1 fully saturated rings. The van der Waals surface area contributed by atoms with Crippen molar-refractivity contribution in [1.29, 1.82) is 0 Å². The Kier molecular flexibility index (Phi) is 6.11. The normalized spacial score (nSPS) is 17.4. The molecule has 0 radical (unpaired) electrons. The van der Waals surface area contributed by atoms with Crippen LogP contribution in [-0.2, 0) is 22.6 Å². The number of amides is 1. The first-order chi connectivity index (χ1) is 13.0. The Bertz CT molecular complexity index is 931. The lowest BCUT2D eigenvalue weighted by Crippen LogP contribution is -2.45. The molecular formula is C20H27N3O4.